The fourth-order valence-electron chi connectivity index (χ4n) is 9.53. The molecule has 1 rings (SSSR count). The molecule has 0 amide bonds. The van der Waals surface area contributed by atoms with Gasteiger partial charge in [0.25, 0.3) is 0 Å². The lowest BCUT2D eigenvalue weighted by molar-refractivity contribution is -0.200. The number of nitrogens with zero attached hydrogens (tertiary/aromatic N) is 1. The van der Waals surface area contributed by atoms with Gasteiger partial charge in [0.05, 0.1) is 0 Å². The van der Waals surface area contributed by atoms with Crippen LogP contribution >= 0.6 is 0 Å². The number of ether oxygens (including phenoxy) is 5. The van der Waals surface area contributed by atoms with E-state index in [1.165, 1.54) is 96.3 Å². The van der Waals surface area contributed by atoms with E-state index < -0.39 is 48.5 Å². The highest BCUT2D eigenvalue weighted by Gasteiger charge is 2.52. The van der Waals surface area contributed by atoms with Crippen molar-refractivity contribution in [1.82, 2.24) is 4.90 Å². The molecule has 1 aliphatic rings. The lowest BCUT2D eigenvalue weighted by Crippen LogP contribution is -2.42. The molecular formula is C69H119NO9. The standard InChI is InChI=1S/C69H119NO9/c1-6-9-12-15-18-21-24-27-30-32-35-38-40-43-46-49-52-56-64(72)77-67-62(61-75-63(71)59-55-60-70(4)5)76-69(79-66(74)58-54-51-48-45-42-37-34-29-26-23-20-17-14-11-8-3)68(67)78-65(73)57-53-50-47-44-41-39-36-33-31-28-25-22-19-16-13-10-7-2/h20,23-25,27-29,32-36,62,67-69H,6-19,21-22,26,30-31,37-61H2,1-5H3/b23-20-,27-24-,28-25-,34-29-,35-32-,36-33-/t62-,67?,68+,69+/m1/s1. The summed E-state index contributed by atoms with van der Waals surface area (Å²) in [6.07, 6.45) is 64.8. The van der Waals surface area contributed by atoms with Crippen molar-refractivity contribution in [3.8, 4) is 0 Å². The van der Waals surface area contributed by atoms with E-state index in [0.717, 1.165) is 129 Å². The fourth-order valence-corrected chi connectivity index (χ4v) is 9.53. The summed E-state index contributed by atoms with van der Waals surface area (Å²) in [6.45, 7) is 7.22. The second kappa shape index (κ2) is 56.1. The van der Waals surface area contributed by atoms with E-state index in [9.17, 15) is 19.2 Å². The van der Waals surface area contributed by atoms with Gasteiger partial charge in [0, 0.05) is 25.7 Å². The van der Waals surface area contributed by atoms with Crippen LogP contribution in [-0.2, 0) is 42.9 Å². The molecule has 10 nitrogen and oxygen atoms in total. The Bertz CT molecular complexity index is 1630. The van der Waals surface area contributed by atoms with E-state index in [1.807, 2.05) is 19.0 Å². The molecule has 0 bridgehead atoms. The third kappa shape index (κ3) is 47.6. The summed E-state index contributed by atoms with van der Waals surface area (Å²) in [7, 11) is 3.90. The topological polar surface area (TPSA) is 118 Å². The molecule has 454 valence electrons. The molecule has 0 aromatic rings. The second-order valence-electron chi connectivity index (χ2n) is 22.4. The third-order valence-corrected chi connectivity index (χ3v) is 14.4. The minimum atomic E-state index is -1.31. The molecule has 0 spiro atoms. The van der Waals surface area contributed by atoms with E-state index in [4.69, 9.17) is 23.7 Å². The highest BCUT2D eigenvalue weighted by molar-refractivity contribution is 5.72. The number of hydrogen-bond donors (Lipinski definition) is 0. The van der Waals surface area contributed by atoms with Gasteiger partial charge in [-0.05, 0) is 143 Å². The molecule has 1 heterocycles. The van der Waals surface area contributed by atoms with Crippen LogP contribution in [0, 0.1) is 0 Å². The maximum Gasteiger partial charge on any atom is 0.308 e. The minimum absolute atomic E-state index is 0.173. The number of rotatable bonds is 55. The number of allylic oxidation sites excluding steroid dienone is 12. The Morgan fingerprint density at radius 1 is 0.354 bits per heavy atom. The summed E-state index contributed by atoms with van der Waals surface area (Å²) in [4.78, 5) is 55.4. The summed E-state index contributed by atoms with van der Waals surface area (Å²) in [5.41, 5.74) is 0. The molecule has 0 radical (unpaired) electrons. The van der Waals surface area contributed by atoms with Crippen molar-refractivity contribution in [3.05, 3.63) is 72.9 Å². The van der Waals surface area contributed by atoms with E-state index in [2.05, 4.69) is 93.7 Å². The molecule has 1 fully saturated rings. The largest absolute Gasteiger partial charge is 0.463 e. The molecule has 1 unspecified atom stereocenters. The van der Waals surface area contributed by atoms with E-state index in [1.54, 1.807) is 0 Å². The molecule has 0 aliphatic carbocycles. The van der Waals surface area contributed by atoms with Crippen LogP contribution in [-0.4, -0.2) is 80.6 Å². The first-order chi connectivity index (χ1) is 38.7. The SMILES string of the molecule is CCCCC/C=C\C/C=C\CCCCCCCC(=O)O[C@@H]1O[C@H](COC(=O)CCCN(C)C)C(OC(=O)CCCCCCC/C=C\C/C=C\CCCCCCC)[C@@H]1OC(=O)CCCCCCC/C=C\C/C=C\CCCCCCC. The van der Waals surface area contributed by atoms with Crippen LogP contribution in [0.2, 0.25) is 0 Å². The zero-order chi connectivity index (χ0) is 57.3. The van der Waals surface area contributed by atoms with Gasteiger partial charge in [-0.1, -0.05) is 216 Å². The van der Waals surface area contributed by atoms with Crippen molar-refractivity contribution in [3.63, 3.8) is 0 Å². The molecule has 79 heavy (non-hydrogen) atoms. The van der Waals surface area contributed by atoms with Gasteiger partial charge < -0.3 is 28.6 Å². The molecule has 0 aromatic carbocycles. The van der Waals surface area contributed by atoms with Crippen LogP contribution in [0.1, 0.15) is 290 Å². The molecule has 10 heteroatoms. The molecule has 0 aromatic heterocycles. The number of esters is 4. The number of carbonyl (C=O) groups is 4. The van der Waals surface area contributed by atoms with Crippen LogP contribution in [0.3, 0.4) is 0 Å². The van der Waals surface area contributed by atoms with Crippen LogP contribution in [0.5, 0.6) is 0 Å². The first kappa shape index (κ1) is 73.3. The lowest BCUT2D eigenvalue weighted by atomic mass is 10.1. The van der Waals surface area contributed by atoms with Gasteiger partial charge in [0.15, 0.2) is 6.10 Å². The molecule has 1 aliphatic heterocycles. The number of unbranched alkanes of at least 4 members (excludes halogenated alkanes) is 28. The Labute approximate surface area is 484 Å². The normalized spacial score (nSPS) is 16.8. The van der Waals surface area contributed by atoms with E-state index in [-0.39, 0.29) is 32.3 Å². The zero-order valence-electron chi connectivity index (χ0n) is 51.5. The van der Waals surface area contributed by atoms with Crippen LogP contribution in [0.15, 0.2) is 72.9 Å². The quantitative estimate of drug-likeness (QED) is 0.0252. The van der Waals surface area contributed by atoms with Crippen LogP contribution < -0.4 is 0 Å². The average molecular weight is 1110 g/mol. The number of carbonyl (C=O) groups excluding carboxylic acids is 4. The first-order valence-corrected chi connectivity index (χ1v) is 32.7. The Kier molecular flexibility index (Phi) is 52.0. The van der Waals surface area contributed by atoms with E-state index >= 15 is 0 Å². The summed E-state index contributed by atoms with van der Waals surface area (Å²) in [5.74, 6) is -1.81. The molecule has 0 saturated carbocycles. The Balaban J connectivity index is 2.83. The van der Waals surface area contributed by atoms with Gasteiger partial charge in [0.1, 0.15) is 12.7 Å². The fraction of sp³-hybridized carbons (Fsp3) is 0.768. The summed E-state index contributed by atoms with van der Waals surface area (Å²) in [5, 5.41) is 0. The van der Waals surface area contributed by atoms with Crippen LogP contribution in [0.25, 0.3) is 0 Å². The predicted molar refractivity (Wildman–Crippen MR) is 330 cm³/mol. The van der Waals surface area contributed by atoms with Gasteiger partial charge >= 0.3 is 23.9 Å². The summed E-state index contributed by atoms with van der Waals surface area (Å²) >= 11 is 0. The third-order valence-electron chi connectivity index (χ3n) is 14.4. The van der Waals surface area contributed by atoms with Crippen molar-refractivity contribution < 1.29 is 42.9 Å². The summed E-state index contributed by atoms with van der Waals surface area (Å²) in [6, 6.07) is 0. The highest BCUT2D eigenvalue weighted by Crippen LogP contribution is 2.30. The van der Waals surface area contributed by atoms with Gasteiger partial charge in [0.2, 0.25) is 12.4 Å². The van der Waals surface area contributed by atoms with Gasteiger partial charge in [-0.3, -0.25) is 19.2 Å². The molecule has 0 N–H and O–H groups in total. The Morgan fingerprint density at radius 3 is 1.04 bits per heavy atom. The van der Waals surface area contributed by atoms with Crippen molar-refractivity contribution in [2.75, 3.05) is 27.2 Å². The van der Waals surface area contributed by atoms with Crippen molar-refractivity contribution in [2.45, 2.75) is 315 Å². The van der Waals surface area contributed by atoms with Crippen LogP contribution in [0.4, 0.5) is 0 Å². The van der Waals surface area contributed by atoms with E-state index in [0.29, 0.717) is 25.7 Å². The maximum atomic E-state index is 13.6. The maximum absolute atomic E-state index is 13.6. The Morgan fingerprint density at radius 2 is 0.658 bits per heavy atom. The molecule has 4 atom stereocenters. The lowest BCUT2D eigenvalue weighted by Gasteiger charge is -2.24. The average Bonchev–Trinajstić information content (AvgIpc) is 3.80. The monoisotopic (exact) mass is 1110 g/mol. The van der Waals surface area contributed by atoms with Crippen molar-refractivity contribution in [2.24, 2.45) is 0 Å². The Hall–Kier alpha value is -3.76. The van der Waals surface area contributed by atoms with Crippen molar-refractivity contribution in [1.29, 1.82) is 0 Å². The number of hydrogen-bond acceptors (Lipinski definition) is 10. The van der Waals surface area contributed by atoms with Crippen molar-refractivity contribution >= 4 is 23.9 Å². The predicted octanol–water partition coefficient (Wildman–Crippen LogP) is 19.0. The van der Waals surface area contributed by atoms with Gasteiger partial charge in [-0.15, -0.1) is 0 Å². The summed E-state index contributed by atoms with van der Waals surface area (Å²) < 4.78 is 30.0. The molecule has 1 saturated heterocycles. The van der Waals surface area contributed by atoms with Gasteiger partial charge in [-0.2, -0.15) is 0 Å². The molecular weight excluding hydrogens is 987 g/mol. The van der Waals surface area contributed by atoms with Gasteiger partial charge in [-0.25, -0.2) is 0 Å². The highest BCUT2D eigenvalue weighted by atomic mass is 16.8. The zero-order valence-corrected chi connectivity index (χ0v) is 51.5. The second-order valence-corrected chi connectivity index (χ2v) is 22.4. The smallest absolute Gasteiger partial charge is 0.308 e. The minimum Gasteiger partial charge on any atom is -0.463 e. The first-order valence-electron chi connectivity index (χ1n) is 32.7.